The molecule has 56 valence electrons. The van der Waals surface area contributed by atoms with Gasteiger partial charge in [0.1, 0.15) is 0 Å². The Morgan fingerprint density at radius 3 is 2.80 bits per heavy atom. The highest BCUT2D eigenvalue weighted by Gasteiger charge is 2.32. The lowest BCUT2D eigenvalue weighted by molar-refractivity contribution is 0.338. The molecular formula is C7H13N3. The van der Waals surface area contributed by atoms with E-state index in [1.54, 1.807) is 0 Å². The number of hydrazone groups is 1. The SMILES string of the molecule is N/N=C1\CCN(C2CC2)C1. The molecule has 0 aromatic carbocycles. The molecule has 0 radical (unpaired) electrons. The number of rotatable bonds is 1. The number of hydrogen-bond donors (Lipinski definition) is 1. The number of nitrogens with two attached hydrogens (primary N) is 1. The second-order valence-corrected chi connectivity index (χ2v) is 3.15. The van der Waals surface area contributed by atoms with E-state index >= 15 is 0 Å². The third kappa shape index (κ3) is 1.01. The molecule has 2 N–H and O–H groups in total. The van der Waals surface area contributed by atoms with Gasteiger partial charge < -0.3 is 5.84 Å². The average Bonchev–Trinajstić information content (AvgIpc) is 2.70. The van der Waals surface area contributed by atoms with E-state index in [1.165, 1.54) is 25.1 Å². The Morgan fingerprint density at radius 2 is 2.30 bits per heavy atom. The van der Waals surface area contributed by atoms with Crippen molar-refractivity contribution in [3.05, 3.63) is 0 Å². The van der Waals surface area contributed by atoms with Crippen LogP contribution in [-0.4, -0.2) is 29.7 Å². The van der Waals surface area contributed by atoms with Gasteiger partial charge in [0, 0.05) is 25.6 Å². The van der Waals surface area contributed by atoms with Crippen molar-refractivity contribution in [1.29, 1.82) is 0 Å². The maximum atomic E-state index is 5.18. The molecule has 0 bridgehead atoms. The lowest BCUT2D eigenvalue weighted by Crippen LogP contribution is -2.23. The predicted octanol–water partition coefficient (Wildman–Crippen LogP) is 0.169. The Hall–Kier alpha value is -0.570. The zero-order valence-corrected chi connectivity index (χ0v) is 6.08. The van der Waals surface area contributed by atoms with Crippen LogP contribution in [0.2, 0.25) is 0 Å². The van der Waals surface area contributed by atoms with Gasteiger partial charge in [-0.05, 0) is 12.8 Å². The smallest absolute Gasteiger partial charge is 0.0528 e. The third-order valence-corrected chi connectivity index (χ3v) is 2.32. The van der Waals surface area contributed by atoms with E-state index in [9.17, 15) is 0 Å². The van der Waals surface area contributed by atoms with Crippen molar-refractivity contribution >= 4 is 5.71 Å². The molecule has 0 aromatic heterocycles. The fraction of sp³-hybridized carbons (Fsp3) is 0.857. The molecule has 2 fully saturated rings. The summed E-state index contributed by atoms with van der Waals surface area (Å²) >= 11 is 0. The van der Waals surface area contributed by atoms with Gasteiger partial charge in [-0.15, -0.1) is 0 Å². The Bertz CT molecular complexity index is 160. The van der Waals surface area contributed by atoms with Gasteiger partial charge in [0.2, 0.25) is 0 Å². The summed E-state index contributed by atoms with van der Waals surface area (Å²) in [6.45, 7) is 2.21. The van der Waals surface area contributed by atoms with Crippen LogP contribution in [0, 0.1) is 0 Å². The van der Waals surface area contributed by atoms with Crippen LogP contribution in [0.1, 0.15) is 19.3 Å². The first-order valence-corrected chi connectivity index (χ1v) is 3.90. The Balaban J connectivity index is 1.92. The predicted molar refractivity (Wildman–Crippen MR) is 40.8 cm³/mol. The van der Waals surface area contributed by atoms with Gasteiger partial charge in [0.15, 0.2) is 0 Å². The van der Waals surface area contributed by atoms with Crippen molar-refractivity contribution in [2.24, 2.45) is 10.9 Å². The summed E-state index contributed by atoms with van der Waals surface area (Å²) in [6, 6.07) is 0.874. The molecule has 0 unspecified atom stereocenters. The minimum Gasteiger partial charge on any atom is -0.323 e. The number of hydrogen-bond acceptors (Lipinski definition) is 3. The quantitative estimate of drug-likeness (QED) is 0.415. The summed E-state index contributed by atoms with van der Waals surface area (Å²) in [6.07, 6.45) is 3.86. The summed E-state index contributed by atoms with van der Waals surface area (Å²) in [4.78, 5) is 2.48. The van der Waals surface area contributed by atoms with Crippen LogP contribution in [0.4, 0.5) is 0 Å². The molecule has 0 atom stereocenters. The zero-order chi connectivity index (χ0) is 6.97. The van der Waals surface area contributed by atoms with E-state index in [-0.39, 0.29) is 0 Å². The van der Waals surface area contributed by atoms with Crippen molar-refractivity contribution in [3.63, 3.8) is 0 Å². The van der Waals surface area contributed by atoms with Crippen molar-refractivity contribution < 1.29 is 0 Å². The van der Waals surface area contributed by atoms with Crippen molar-refractivity contribution in [1.82, 2.24) is 4.90 Å². The van der Waals surface area contributed by atoms with Gasteiger partial charge in [-0.25, -0.2) is 0 Å². The summed E-state index contributed by atoms with van der Waals surface area (Å²) in [5.41, 5.74) is 1.17. The minimum absolute atomic E-state index is 0.874. The van der Waals surface area contributed by atoms with Gasteiger partial charge in [-0.2, -0.15) is 5.10 Å². The first-order chi connectivity index (χ1) is 4.90. The van der Waals surface area contributed by atoms with Gasteiger partial charge in [0.05, 0.1) is 5.71 Å². The normalized spacial score (nSPS) is 31.8. The summed E-state index contributed by atoms with van der Waals surface area (Å²) in [7, 11) is 0. The molecule has 1 saturated heterocycles. The molecule has 1 heterocycles. The van der Waals surface area contributed by atoms with E-state index in [0.717, 1.165) is 19.0 Å². The third-order valence-electron chi connectivity index (χ3n) is 2.32. The Labute approximate surface area is 60.9 Å². The van der Waals surface area contributed by atoms with Crippen LogP contribution in [0.5, 0.6) is 0 Å². The summed E-state index contributed by atoms with van der Waals surface area (Å²) < 4.78 is 0. The highest BCUT2D eigenvalue weighted by atomic mass is 15.2. The highest BCUT2D eigenvalue weighted by molar-refractivity contribution is 5.88. The molecule has 10 heavy (non-hydrogen) atoms. The zero-order valence-electron chi connectivity index (χ0n) is 6.08. The van der Waals surface area contributed by atoms with Crippen molar-refractivity contribution in [2.45, 2.75) is 25.3 Å². The second kappa shape index (κ2) is 2.23. The molecule has 1 aliphatic carbocycles. The fourth-order valence-corrected chi connectivity index (χ4v) is 1.52. The average molecular weight is 139 g/mol. The molecule has 0 aromatic rings. The molecule has 0 spiro atoms. The Morgan fingerprint density at radius 1 is 1.50 bits per heavy atom. The van der Waals surface area contributed by atoms with E-state index < -0.39 is 0 Å². The molecule has 1 aliphatic heterocycles. The first kappa shape index (κ1) is 6.16. The van der Waals surface area contributed by atoms with Crippen molar-refractivity contribution in [2.75, 3.05) is 13.1 Å². The molecule has 3 heteroatoms. The fourth-order valence-electron chi connectivity index (χ4n) is 1.52. The largest absolute Gasteiger partial charge is 0.323 e. The molecule has 2 rings (SSSR count). The standard InChI is InChI=1S/C7H13N3/c8-9-6-3-4-10(5-6)7-1-2-7/h7H,1-5,8H2/b9-6+. The maximum Gasteiger partial charge on any atom is 0.0528 e. The maximum absolute atomic E-state index is 5.18. The van der Waals surface area contributed by atoms with Crippen LogP contribution in [-0.2, 0) is 0 Å². The van der Waals surface area contributed by atoms with E-state index in [2.05, 4.69) is 10.0 Å². The second-order valence-electron chi connectivity index (χ2n) is 3.15. The molecule has 0 amide bonds. The number of nitrogens with zero attached hydrogens (tertiary/aromatic N) is 2. The van der Waals surface area contributed by atoms with Crippen LogP contribution >= 0.6 is 0 Å². The number of likely N-dealkylation sites (tertiary alicyclic amines) is 1. The van der Waals surface area contributed by atoms with E-state index in [0.29, 0.717) is 0 Å². The molecule has 2 aliphatic rings. The molecular weight excluding hydrogens is 126 g/mol. The Kier molecular flexibility index (Phi) is 1.38. The van der Waals surface area contributed by atoms with E-state index in [1.807, 2.05) is 0 Å². The molecule has 1 saturated carbocycles. The van der Waals surface area contributed by atoms with Crippen molar-refractivity contribution in [3.8, 4) is 0 Å². The van der Waals surface area contributed by atoms with Gasteiger partial charge in [-0.3, -0.25) is 4.90 Å². The van der Waals surface area contributed by atoms with Crippen LogP contribution in [0.15, 0.2) is 5.10 Å². The minimum atomic E-state index is 0.874. The summed E-state index contributed by atoms with van der Waals surface area (Å²) in [5.74, 6) is 5.18. The molecule has 3 nitrogen and oxygen atoms in total. The van der Waals surface area contributed by atoms with Gasteiger partial charge in [0.25, 0.3) is 0 Å². The van der Waals surface area contributed by atoms with Gasteiger partial charge >= 0.3 is 0 Å². The lowest BCUT2D eigenvalue weighted by atomic mass is 10.3. The monoisotopic (exact) mass is 139 g/mol. The van der Waals surface area contributed by atoms with Crippen LogP contribution in [0.25, 0.3) is 0 Å². The lowest BCUT2D eigenvalue weighted by Gasteiger charge is -2.10. The van der Waals surface area contributed by atoms with Gasteiger partial charge in [-0.1, -0.05) is 0 Å². The van der Waals surface area contributed by atoms with E-state index in [4.69, 9.17) is 5.84 Å². The topological polar surface area (TPSA) is 41.6 Å². The highest BCUT2D eigenvalue weighted by Crippen LogP contribution is 2.28. The van der Waals surface area contributed by atoms with Crippen LogP contribution in [0.3, 0.4) is 0 Å². The summed E-state index contributed by atoms with van der Waals surface area (Å²) in [5, 5.41) is 3.72. The first-order valence-electron chi connectivity index (χ1n) is 3.90. The van der Waals surface area contributed by atoms with Crippen LogP contribution < -0.4 is 5.84 Å².